The van der Waals surface area contributed by atoms with Crippen LogP contribution >= 0.6 is 27.0 Å². The normalized spacial score (nSPS) is 22.9. The molecule has 2 fully saturated rings. The molecule has 9 N–H and O–H groups in total. The lowest BCUT2D eigenvalue weighted by atomic mass is 10.1. The number of fused-ring (bicyclic) bond motifs is 1. The highest BCUT2D eigenvalue weighted by Gasteiger charge is 2.50. The van der Waals surface area contributed by atoms with E-state index in [0.717, 1.165) is 22.2 Å². The van der Waals surface area contributed by atoms with E-state index < -0.39 is 83.5 Å². The van der Waals surface area contributed by atoms with Gasteiger partial charge >= 0.3 is 27.3 Å². The maximum Gasteiger partial charge on any atom is 0.472 e. The summed E-state index contributed by atoms with van der Waals surface area (Å²) >= 11 is 1.05. The number of thiazole rings is 1. The molecule has 1 aromatic carbocycles. The van der Waals surface area contributed by atoms with Crippen LogP contribution in [0, 0.1) is 11.3 Å². The third-order valence-corrected chi connectivity index (χ3v) is 12.4. The number of nitrogens with one attached hydrogen (secondary N) is 1. The Bertz CT molecular complexity index is 2780. The number of ether oxygens (including phenoxy) is 3. The Morgan fingerprint density at radius 1 is 1.05 bits per heavy atom. The van der Waals surface area contributed by atoms with E-state index >= 15 is 0 Å². The van der Waals surface area contributed by atoms with E-state index in [1.807, 2.05) is 6.07 Å². The summed E-state index contributed by atoms with van der Waals surface area (Å²) in [5.74, 6) is -1.51. The molecule has 0 bridgehead atoms. The number of benzene rings is 1. The quantitative estimate of drug-likeness (QED) is 0.0368. The van der Waals surface area contributed by atoms with Gasteiger partial charge in [-0.05, 0) is 30.2 Å². The predicted molar refractivity (Wildman–Crippen MR) is 222 cm³/mol. The van der Waals surface area contributed by atoms with Crippen molar-refractivity contribution in [2.75, 3.05) is 24.7 Å². The molecule has 0 aliphatic carbocycles. The van der Waals surface area contributed by atoms with E-state index in [0.29, 0.717) is 22.6 Å². The van der Waals surface area contributed by atoms with Gasteiger partial charge in [-0.2, -0.15) is 10.2 Å². The minimum Gasteiger partial charge on any atom is -0.452 e. The van der Waals surface area contributed by atoms with Gasteiger partial charge in [-0.3, -0.25) is 27.5 Å². The molecular formula is C36H39N11O15P2S. The van der Waals surface area contributed by atoms with Gasteiger partial charge < -0.3 is 50.8 Å². The number of phosphoric ester groups is 2. The number of imidazole rings is 1. The molecule has 0 radical (unpaired) electrons. The molecule has 6 heterocycles. The number of esters is 1. The summed E-state index contributed by atoms with van der Waals surface area (Å²) in [6.45, 7) is 1.77. The number of aliphatic hydroxyl groups is 1. The van der Waals surface area contributed by atoms with Crippen LogP contribution in [0.25, 0.3) is 21.6 Å². The predicted octanol–water partition coefficient (Wildman–Crippen LogP) is 1.21. The number of hydrogen-bond acceptors (Lipinski definition) is 21. The van der Waals surface area contributed by atoms with E-state index in [4.69, 9.17) is 34.7 Å². The fourth-order valence-electron chi connectivity index (χ4n) is 6.75. The zero-order chi connectivity index (χ0) is 46.6. The van der Waals surface area contributed by atoms with Crippen LogP contribution in [0.4, 0.5) is 11.6 Å². The first-order valence-electron chi connectivity index (χ1n) is 19.1. The van der Waals surface area contributed by atoms with Crippen LogP contribution in [0.3, 0.4) is 0 Å². The molecule has 0 saturated carbocycles. The summed E-state index contributed by atoms with van der Waals surface area (Å²) in [5.41, 5.74) is 11.5. The number of carbonyl (C=O) groups excluding carboxylic acids is 2. The first kappa shape index (κ1) is 47.1. The summed E-state index contributed by atoms with van der Waals surface area (Å²) in [4.78, 5) is 89.5. The smallest absolute Gasteiger partial charge is 0.452 e. The van der Waals surface area contributed by atoms with E-state index in [-0.39, 0.29) is 58.7 Å². The lowest BCUT2D eigenvalue weighted by molar-refractivity contribution is -0.121. The molecule has 29 heteroatoms. The van der Waals surface area contributed by atoms with E-state index in [2.05, 4.69) is 41.3 Å². The number of carbonyl (C=O) groups is 2. The Kier molecular flexibility index (Phi) is 14.3. The first-order valence-corrected chi connectivity index (χ1v) is 23.0. The lowest BCUT2D eigenvalue weighted by Gasteiger charge is -2.23. The van der Waals surface area contributed by atoms with Gasteiger partial charge in [-0.1, -0.05) is 18.2 Å². The number of phosphoric acid groups is 2. The van der Waals surface area contributed by atoms with Crippen LogP contribution < -0.4 is 22.5 Å². The molecule has 2 aliphatic heterocycles. The lowest BCUT2D eigenvalue weighted by Crippen LogP contribution is -2.38. The number of nitrogens with two attached hydrogens (primary N) is 2. The molecule has 7 rings (SSSR count). The number of rotatable bonds is 18. The van der Waals surface area contributed by atoms with Crippen molar-refractivity contribution in [2.24, 2.45) is 0 Å². The fraction of sp³-hybridized carbons (Fsp3) is 0.361. The number of aromatic nitrogens is 7. The summed E-state index contributed by atoms with van der Waals surface area (Å²) < 4.78 is 60.5. The highest BCUT2D eigenvalue weighted by Crippen LogP contribution is 2.50. The Labute approximate surface area is 370 Å². The van der Waals surface area contributed by atoms with Gasteiger partial charge in [0, 0.05) is 19.0 Å². The zero-order valence-electron chi connectivity index (χ0n) is 33.5. The van der Waals surface area contributed by atoms with Crippen LogP contribution in [0.1, 0.15) is 52.8 Å². The molecule has 0 spiro atoms. The highest BCUT2D eigenvalue weighted by molar-refractivity contribution is 7.47. The second-order valence-electron chi connectivity index (χ2n) is 14.2. The zero-order valence-corrected chi connectivity index (χ0v) is 36.1. The average molecular weight is 960 g/mol. The summed E-state index contributed by atoms with van der Waals surface area (Å²) in [6.07, 6.45) is -5.23. The third-order valence-electron chi connectivity index (χ3n) is 9.79. The number of aliphatic hydroxyl groups excluding tert-OH is 1. The number of nitriles is 1. The molecule has 1 amide bonds. The highest BCUT2D eigenvalue weighted by atomic mass is 32.1. The minimum atomic E-state index is -5.26. The Morgan fingerprint density at radius 3 is 2.51 bits per heavy atom. The van der Waals surface area contributed by atoms with Crippen molar-refractivity contribution in [3.8, 4) is 16.5 Å². The summed E-state index contributed by atoms with van der Waals surface area (Å²) in [5, 5.41) is 24.2. The van der Waals surface area contributed by atoms with Gasteiger partial charge in [0.05, 0.1) is 42.6 Å². The Balaban J connectivity index is 1.15. The van der Waals surface area contributed by atoms with Gasteiger partial charge in [0.25, 0.3) is 0 Å². The van der Waals surface area contributed by atoms with Crippen molar-refractivity contribution in [1.29, 1.82) is 5.26 Å². The van der Waals surface area contributed by atoms with Gasteiger partial charge in [-0.25, -0.2) is 38.7 Å². The van der Waals surface area contributed by atoms with Gasteiger partial charge in [-0.15, -0.1) is 17.9 Å². The van der Waals surface area contributed by atoms with Crippen LogP contribution in [0.2, 0.25) is 0 Å². The van der Waals surface area contributed by atoms with Crippen LogP contribution in [0.15, 0.2) is 66.6 Å². The van der Waals surface area contributed by atoms with Crippen molar-refractivity contribution >= 4 is 61.7 Å². The molecule has 5 aromatic rings. The Hall–Kier alpha value is -5.85. The topological polar surface area (TPSA) is 384 Å². The van der Waals surface area contributed by atoms with Crippen LogP contribution in [0.5, 0.6) is 0 Å². The second-order valence-corrected chi connectivity index (χ2v) is 17.9. The molecule has 2 saturated heterocycles. The average Bonchev–Trinajstić information content (AvgIpc) is 4.05. The summed E-state index contributed by atoms with van der Waals surface area (Å²) in [7, 11) is -10.3. The van der Waals surface area contributed by atoms with E-state index in [1.54, 1.807) is 18.2 Å². The van der Waals surface area contributed by atoms with Crippen molar-refractivity contribution in [2.45, 2.75) is 68.8 Å². The standard InChI is InChI=1S/C36H39N11O15P2S/c1-2-3-4-24(48)40-13-25-45-27(31(65-25)19-7-5-18(12-37)6-8-19)35(50)61-30-22(60-34(29(30)49)47-17-43-28-32(39)41-16-42-33(28)47)15-58-64(55,56)62-20-11-26(46-10-9-23(38)44-36(46)51)59-21(20)14-57-63(52,53)54/h2,5-10,16-17,20-22,26,29-30,34,49H,1,3-4,11,13-15H2,(H,40,48)(H,55,56)(H2,38,44,51)(H2,39,41,42)(H2,52,53,54)/t20-,21?,22?,26-,29?,30?,34?/m1/s1. The third kappa shape index (κ3) is 11.2. The van der Waals surface area contributed by atoms with Crippen molar-refractivity contribution in [3.05, 3.63) is 88.6 Å². The van der Waals surface area contributed by atoms with Crippen molar-refractivity contribution in [1.82, 2.24) is 39.4 Å². The van der Waals surface area contributed by atoms with E-state index in [9.17, 15) is 48.6 Å². The SMILES string of the molecule is C=CCCC(=O)NCc1nc(C(=O)OC2C(COP(=O)(O)O[C@@H]3C[C@H](n4ccc(N)nc4=O)OC3COP(=O)(O)O)OC(n3cnc4c(N)ncnc43)C2O)c(-c2ccc(C#N)cc2)s1. The van der Waals surface area contributed by atoms with Gasteiger partial charge in [0.1, 0.15) is 53.3 Å². The number of anilines is 2. The maximum absolute atomic E-state index is 14.2. The number of hydrogen-bond donors (Lipinski definition) is 7. The minimum absolute atomic E-state index is 0.00538. The van der Waals surface area contributed by atoms with Gasteiger partial charge in [0.2, 0.25) is 5.91 Å². The summed E-state index contributed by atoms with van der Waals surface area (Å²) in [6, 6.07) is 9.49. The molecule has 6 unspecified atom stereocenters. The molecule has 65 heavy (non-hydrogen) atoms. The molecular weight excluding hydrogens is 920 g/mol. The second kappa shape index (κ2) is 19.7. The van der Waals surface area contributed by atoms with Crippen molar-refractivity contribution < 1.29 is 66.3 Å². The molecule has 2 aliphatic rings. The molecule has 344 valence electrons. The number of amides is 1. The van der Waals surface area contributed by atoms with Crippen LogP contribution in [-0.4, -0.2) is 109 Å². The fourth-order valence-corrected chi connectivity index (χ4v) is 9.05. The maximum atomic E-state index is 14.2. The van der Waals surface area contributed by atoms with Gasteiger partial charge in [0.15, 0.2) is 29.5 Å². The largest absolute Gasteiger partial charge is 0.472 e. The molecule has 26 nitrogen and oxygen atoms in total. The molecule has 8 atom stereocenters. The number of allylic oxidation sites excluding steroid dienone is 1. The van der Waals surface area contributed by atoms with Crippen LogP contribution in [-0.2, 0) is 48.3 Å². The molecule has 4 aromatic heterocycles. The number of nitrogen functional groups attached to an aromatic ring is 2. The van der Waals surface area contributed by atoms with Crippen molar-refractivity contribution in [3.63, 3.8) is 0 Å². The van der Waals surface area contributed by atoms with E-state index in [1.165, 1.54) is 35.3 Å². The monoisotopic (exact) mass is 959 g/mol. The Morgan fingerprint density at radius 2 is 1.80 bits per heavy atom. The number of nitrogens with zero attached hydrogens (tertiary/aromatic N) is 8. The first-order chi connectivity index (χ1) is 30.9.